The average molecular weight is 178 g/mol. The number of pyridine rings is 1. The number of aromatic nitrogens is 1. The van der Waals surface area contributed by atoms with Gasteiger partial charge in [-0.1, -0.05) is 13.0 Å². The highest BCUT2D eigenvalue weighted by Gasteiger charge is 2.02. The summed E-state index contributed by atoms with van der Waals surface area (Å²) in [6.45, 7) is 3.36. The molecule has 2 nitrogen and oxygen atoms in total. The van der Waals surface area contributed by atoms with Crippen LogP contribution in [0.2, 0.25) is 0 Å². The van der Waals surface area contributed by atoms with E-state index in [1.165, 1.54) is 12.1 Å². The SMILES string of the molecule is CNCCC(C)Cc1ccccn1. The van der Waals surface area contributed by atoms with Crippen molar-refractivity contribution in [3.8, 4) is 0 Å². The van der Waals surface area contributed by atoms with Crippen molar-refractivity contribution in [2.24, 2.45) is 5.92 Å². The number of rotatable bonds is 5. The molecule has 0 fully saturated rings. The van der Waals surface area contributed by atoms with Crippen molar-refractivity contribution < 1.29 is 0 Å². The topological polar surface area (TPSA) is 24.9 Å². The van der Waals surface area contributed by atoms with Crippen molar-refractivity contribution in [3.63, 3.8) is 0 Å². The van der Waals surface area contributed by atoms with Crippen molar-refractivity contribution in [1.82, 2.24) is 10.3 Å². The van der Waals surface area contributed by atoms with Crippen LogP contribution in [0.5, 0.6) is 0 Å². The van der Waals surface area contributed by atoms with Crippen molar-refractivity contribution in [3.05, 3.63) is 30.1 Å². The summed E-state index contributed by atoms with van der Waals surface area (Å²) in [5, 5.41) is 3.16. The lowest BCUT2D eigenvalue weighted by Gasteiger charge is -2.09. The van der Waals surface area contributed by atoms with Crippen LogP contribution in [0, 0.1) is 5.92 Å². The Bertz CT molecular complexity index is 221. The molecule has 0 aromatic carbocycles. The molecule has 0 radical (unpaired) electrons. The van der Waals surface area contributed by atoms with E-state index in [9.17, 15) is 0 Å². The smallest absolute Gasteiger partial charge is 0.0406 e. The van der Waals surface area contributed by atoms with Gasteiger partial charge in [0.2, 0.25) is 0 Å². The summed E-state index contributed by atoms with van der Waals surface area (Å²) in [7, 11) is 1.99. The Morgan fingerprint density at radius 3 is 2.92 bits per heavy atom. The molecule has 1 heterocycles. The van der Waals surface area contributed by atoms with Crippen molar-refractivity contribution >= 4 is 0 Å². The van der Waals surface area contributed by atoms with Gasteiger partial charge in [0.05, 0.1) is 0 Å². The molecule has 1 N–H and O–H groups in total. The second-order valence-electron chi connectivity index (χ2n) is 3.52. The Balaban J connectivity index is 2.32. The lowest BCUT2D eigenvalue weighted by Crippen LogP contribution is -2.13. The van der Waals surface area contributed by atoms with Crippen LogP contribution in [0.15, 0.2) is 24.4 Å². The predicted octanol–water partition coefficient (Wildman–Crippen LogP) is 1.87. The lowest BCUT2D eigenvalue weighted by molar-refractivity contribution is 0.509. The van der Waals surface area contributed by atoms with Crippen LogP contribution in [-0.2, 0) is 6.42 Å². The van der Waals surface area contributed by atoms with E-state index in [-0.39, 0.29) is 0 Å². The minimum absolute atomic E-state index is 0.711. The van der Waals surface area contributed by atoms with Gasteiger partial charge in [0.1, 0.15) is 0 Å². The molecular weight excluding hydrogens is 160 g/mol. The molecule has 2 heteroatoms. The molecule has 1 rings (SSSR count). The van der Waals surface area contributed by atoms with E-state index in [1.807, 2.05) is 25.4 Å². The summed E-state index contributed by atoms with van der Waals surface area (Å²) in [6, 6.07) is 6.10. The second-order valence-corrected chi connectivity index (χ2v) is 3.52. The third kappa shape index (κ3) is 4.04. The lowest BCUT2D eigenvalue weighted by atomic mass is 10.0. The van der Waals surface area contributed by atoms with Crippen LogP contribution in [0.4, 0.5) is 0 Å². The minimum atomic E-state index is 0.711. The number of hydrogen-bond donors (Lipinski definition) is 1. The molecule has 1 aromatic rings. The summed E-state index contributed by atoms with van der Waals surface area (Å²) in [4.78, 5) is 4.31. The molecule has 0 saturated carbocycles. The van der Waals surface area contributed by atoms with Crippen LogP contribution in [0.25, 0.3) is 0 Å². The van der Waals surface area contributed by atoms with Gasteiger partial charge in [-0.25, -0.2) is 0 Å². The zero-order chi connectivity index (χ0) is 9.52. The van der Waals surface area contributed by atoms with Crippen LogP contribution in [0.1, 0.15) is 19.0 Å². The molecule has 72 valence electrons. The normalized spacial score (nSPS) is 12.8. The van der Waals surface area contributed by atoms with Gasteiger partial charge in [0.25, 0.3) is 0 Å². The maximum Gasteiger partial charge on any atom is 0.0406 e. The van der Waals surface area contributed by atoms with Crippen LogP contribution in [0.3, 0.4) is 0 Å². The maximum absolute atomic E-state index is 4.31. The second kappa shape index (κ2) is 5.70. The van der Waals surface area contributed by atoms with Gasteiger partial charge in [-0.05, 0) is 44.5 Å². The van der Waals surface area contributed by atoms with Crippen molar-refractivity contribution in [1.29, 1.82) is 0 Å². The summed E-state index contributed by atoms with van der Waals surface area (Å²) >= 11 is 0. The van der Waals surface area contributed by atoms with Gasteiger partial charge in [-0.3, -0.25) is 4.98 Å². The molecule has 0 aliphatic rings. The molecule has 1 unspecified atom stereocenters. The molecule has 0 aliphatic carbocycles. The van der Waals surface area contributed by atoms with Gasteiger partial charge in [0.15, 0.2) is 0 Å². The monoisotopic (exact) mass is 178 g/mol. The fraction of sp³-hybridized carbons (Fsp3) is 0.545. The van der Waals surface area contributed by atoms with E-state index in [0.717, 1.165) is 13.0 Å². The van der Waals surface area contributed by atoms with E-state index in [4.69, 9.17) is 0 Å². The van der Waals surface area contributed by atoms with Crippen LogP contribution in [-0.4, -0.2) is 18.6 Å². The minimum Gasteiger partial charge on any atom is -0.320 e. The Hall–Kier alpha value is -0.890. The van der Waals surface area contributed by atoms with Crippen LogP contribution >= 0.6 is 0 Å². The summed E-state index contributed by atoms with van der Waals surface area (Å²) in [5.41, 5.74) is 1.20. The Morgan fingerprint density at radius 2 is 2.31 bits per heavy atom. The molecular formula is C11H18N2. The first-order valence-corrected chi connectivity index (χ1v) is 4.87. The van der Waals surface area contributed by atoms with Gasteiger partial charge in [-0.2, -0.15) is 0 Å². The van der Waals surface area contributed by atoms with Gasteiger partial charge >= 0.3 is 0 Å². The molecule has 0 bridgehead atoms. The third-order valence-electron chi connectivity index (χ3n) is 2.17. The summed E-state index contributed by atoms with van der Waals surface area (Å²) in [5.74, 6) is 0.711. The average Bonchev–Trinajstić information content (AvgIpc) is 2.16. The van der Waals surface area contributed by atoms with E-state index < -0.39 is 0 Å². The molecule has 0 aliphatic heterocycles. The summed E-state index contributed by atoms with van der Waals surface area (Å²) < 4.78 is 0. The predicted molar refractivity (Wildman–Crippen MR) is 55.6 cm³/mol. The van der Waals surface area contributed by atoms with Gasteiger partial charge in [0, 0.05) is 11.9 Å². The van der Waals surface area contributed by atoms with E-state index in [2.05, 4.69) is 23.3 Å². The van der Waals surface area contributed by atoms with E-state index in [1.54, 1.807) is 0 Å². The van der Waals surface area contributed by atoms with E-state index in [0.29, 0.717) is 5.92 Å². The highest BCUT2D eigenvalue weighted by Crippen LogP contribution is 2.08. The highest BCUT2D eigenvalue weighted by atomic mass is 14.8. The van der Waals surface area contributed by atoms with Crippen molar-refractivity contribution in [2.45, 2.75) is 19.8 Å². The largest absolute Gasteiger partial charge is 0.320 e. The quantitative estimate of drug-likeness (QED) is 0.744. The number of nitrogens with one attached hydrogen (secondary N) is 1. The first kappa shape index (κ1) is 10.2. The molecule has 13 heavy (non-hydrogen) atoms. The van der Waals surface area contributed by atoms with Crippen LogP contribution < -0.4 is 5.32 Å². The number of hydrogen-bond acceptors (Lipinski definition) is 2. The zero-order valence-electron chi connectivity index (χ0n) is 8.46. The number of nitrogens with zero attached hydrogens (tertiary/aromatic N) is 1. The standard InChI is InChI=1S/C11H18N2/c1-10(6-8-12-2)9-11-5-3-4-7-13-11/h3-5,7,10,12H,6,8-9H2,1-2H3. The Labute approximate surface area is 80.4 Å². The first-order chi connectivity index (χ1) is 6.33. The highest BCUT2D eigenvalue weighted by molar-refractivity contribution is 5.03. The first-order valence-electron chi connectivity index (χ1n) is 4.87. The zero-order valence-corrected chi connectivity index (χ0v) is 8.46. The Kier molecular flexibility index (Phi) is 4.47. The molecule has 0 spiro atoms. The Morgan fingerprint density at radius 1 is 1.46 bits per heavy atom. The fourth-order valence-corrected chi connectivity index (χ4v) is 1.37. The molecule has 0 saturated heterocycles. The summed E-state index contributed by atoms with van der Waals surface area (Å²) in [6.07, 6.45) is 4.16. The van der Waals surface area contributed by atoms with Gasteiger partial charge < -0.3 is 5.32 Å². The van der Waals surface area contributed by atoms with Crippen molar-refractivity contribution in [2.75, 3.05) is 13.6 Å². The van der Waals surface area contributed by atoms with E-state index >= 15 is 0 Å². The molecule has 1 aromatic heterocycles. The third-order valence-corrected chi connectivity index (χ3v) is 2.17. The molecule has 0 amide bonds. The fourth-order valence-electron chi connectivity index (χ4n) is 1.37. The van der Waals surface area contributed by atoms with Gasteiger partial charge in [-0.15, -0.1) is 0 Å². The maximum atomic E-state index is 4.31. The molecule has 1 atom stereocenters.